The Morgan fingerprint density at radius 2 is 1.82 bits per heavy atom. The van der Waals surface area contributed by atoms with Crippen LogP contribution < -0.4 is 26.3 Å². The highest BCUT2D eigenvalue weighted by molar-refractivity contribution is 5.68. The number of halogens is 1. The van der Waals surface area contributed by atoms with Gasteiger partial charge in [-0.3, -0.25) is 0 Å². The molecule has 1 heterocycles. The molecule has 17 heavy (non-hydrogen) atoms. The van der Waals surface area contributed by atoms with Crippen molar-refractivity contribution in [2.75, 3.05) is 7.11 Å². The topological polar surface area (TPSA) is 39.4 Å². The van der Waals surface area contributed by atoms with E-state index in [1.165, 1.54) is 0 Å². The number of carbonyl (C=O) groups excluding carboxylic acids is 1. The number of nitrogens with zero attached hydrogens (tertiary/aromatic N) is 1. The van der Waals surface area contributed by atoms with Crippen molar-refractivity contribution in [2.45, 2.75) is 32.9 Å². The van der Waals surface area contributed by atoms with E-state index in [0.717, 1.165) is 5.75 Å². The van der Waals surface area contributed by atoms with Gasteiger partial charge in [-0.1, -0.05) is 0 Å². The number of rotatable bonds is 3. The standard InChI is InChI=1S/C12H18NO3.BrH/c1-12(2,3)16-11(14)9-13-7-5-10(15-4)6-8-13;/h5-8H,9H2,1-4H3;1H/q+1;/p-1. The maximum absolute atomic E-state index is 11.5. The Bertz CT molecular complexity index is 357. The first-order valence-corrected chi connectivity index (χ1v) is 5.15. The van der Waals surface area contributed by atoms with E-state index >= 15 is 0 Å². The minimum Gasteiger partial charge on any atom is -1.00 e. The van der Waals surface area contributed by atoms with Crippen LogP contribution >= 0.6 is 0 Å². The molecular formula is C12H18BrNO3. The van der Waals surface area contributed by atoms with Gasteiger partial charge < -0.3 is 26.5 Å². The number of pyridine rings is 1. The maximum Gasteiger partial charge on any atom is 0.373 e. The van der Waals surface area contributed by atoms with Gasteiger partial charge in [-0.25, -0.2) is 4.79 Å². The average Bonchev–Trinajstić information content (AvgIpc) is 2.16. The zero-order chi connectivity index (χ0) is 12.2. The SMILES string of the molecule is COc1cc[n+](CC(=O)OC(C)(C)C)cc1.[Br-]. The van der Waals surface area contributed by atoms with Crippen LogP contribution in [0.25, 0.3) is 0 Å². The Labute approximate surface area is 112 Å². The largest absolute Gasteiger partial charge is 1.00 e. The van der Waals surface area contributed by atoms with Crippen molar-refractivity contribution >= 4 is 5.97 Å². The molecule has 0 radical (unpaired) electrons. The van der Waals surface area contributed by atoms with Crippen molar-refractivity contribution in [3.8, 4) is 5.75 Å². The lowest BCUT2D eigenvalue weighted by Crippen LogP contribution is -3.00. The zero-order valence-electron chi connectivity index (χ0n) is 10.6. The smallest absolute Gasteiger partial charge is 0.373 e. The first kappa shape index (κ1) is 15.9. The van der Waals surface area contributed by atoms with Crippen molar-refractivity contribution in [2.24, 2.45) is 0 Å². The van der Waals surface area contributed by atoms with Gasteiger partial charge in [0, 0.05) is 12.1 Å². The Morgan fingerprint density at radius 3 is 2.24 bits per heavy atom. The molecule has 0 unspecified atom stereocenters. The van der Waals surface area contributed by atoms with Gasteiger partial charge in [0.1, 0.15) is 11.4 Å². The molecule has 0 aliphatic rings. The number of carbonyl (C=O) groups is 1. The summed E-state index contributed by atoms with van der Waals surface area (Å²) in [4.78, 5) is 11.5. The fourth-order valence-electron chi connectivity index (χ4n) is 1.21. The second-order valence-corrected chi connectivity index (χ2v) is 4.50. The van der Waals surface area contributed by atoms with E-state index in [0.29, 0.717) is 0 Å². The number of esters is 1. The first-order valence-electron chi connectivity index (χ1n) is 5.15. The van der Waals surface area contributed by atoms with Gasteiger partial charge in [-0.15, -0.1) is 0 Å². The normalized spacial score (nSPS) is 10.4. The second-order valence-electron chi connectivity index (χ2n) is 4.50. The Hall–Kier alpha value is -1.10. The summed E-state index contributed by atoms with van der Waals surface area (Å²) in [6.07, 6.45) is 3.56. The maximum atomic E-state index is 11.5. The summed E-state index contributed by atoms with van der Waals surface area (Å²) >= 11 is 0. The molecule has 1 aromatic heterocycles. The van der Waals surface area contributed by atoms with E-state index in [2.05, 4.69) is 0 Å². The molecular weight excluding hydrogens is 286 g/mol. The second kappa shape index (κ2) is 6.59. The van der Waals surface area contributed by atoms with Crippen LogP contribution in [0.15, 0.2) is 24.5 Å². The minimum absolute atomic E-state index is 0. The predicted octanol–water partition coefficient (Wildman–Crippen LogP) is -1.67. The van der Waals surface area contributed by atoms with E-state index in [1.54, 1.807) is 36.2 Å². The van der Waals surface area contributed by atoms with Gasteiger partial charge in [0.2, 0.25) is 6.54 Å². The number of hydrogen-bond acceptors (Lipinski definition) is 3. The molecule has 0 fully saturated rings. The summed E-state index contributed by atoms with van der Waals surface area (Å²) in [5.74, 6) is 0.517. The summed E-state index contributed by atoms with van der Waals surface area (Å²) in [6.45, 7) is 5.76. The third kappa shape index (κ3) is 6.26. The van der Waals surface area contributed by atoms with Crippen LogP contribution in [0.3, 0.4) is 0 Å². The number of methoxy groups -OCH3 is 1. The number of ether oxygens (including phenoxy) is 2. The Balaban J connectivity index is 0.00000256. The molecule has 5 heteroatoms. The molecule has 1 aromatic rings. The molecule has 0 N–H and O–H groups in total. The van der Waals surface area contributed by atoms with Gasteiger partial charge in [0.05, 0.1) is 7.11 Å². The highest BCUT2D eigenvalue weighted by Crippen LogP contribution is 2.07. The van der Waals surface area contributed by atoms with Crippen molar-refractivity contribution in [3.63, 3.8) is 0 Å². The third-order valence-corrected chi connectivity index (χ3v) is 1.83. The van der Waals surface area contributed by atoms with E-state index in [-0.39, 0.29) is 29.5 Å². The molecule has 0 amide bonds. The summed E-state index contributed by atoms with van der Waals surface area (Å²) in [6, 6.07) is 3.59. The molecule has 0 aliphatic carbocycles. The van der Waals surface area contributed by atoms with E-state index < -0.39 is 5.60 Å². The Morgan fingerprint density at radius 1 is 1.29 bits per heavy atom. The summed E-state index contributed by atoms with van der Waals surface area (Å²) in [5.41, 5.74) is -0.440. The monoisotopic (exact) mass is 303 g/mol. The van der Waals surface area contributed by atoms with Crippen LogP contribution in [-0.4, -0.2) is 18.7 Å². The quantitative estimate of drug-likeness (QED) is 0.495. The fraction of sp³-hybridized carbons (Fsp3) is 0.500. The van der Waals surface area contributed by atoms with E-state index in [1.807, 2.05) is 20.8 Å². The first-order chi connectivity index (χ1) is 7.40. The van der Waals surface area contributed by atoms with Gasteiger partial charge in [0.15, 0.2) is 12.4 Å². The van der Waals surface area contributed by atoms with Gasteiger partial charge in [0.25, 0.3) is 0 Å². The van der Waals surface area contributed by atoms with Gasteiger partial charge in [-0.05, 0) is 20.8 Å². The summed E-state index contributed by atoms with van der Waals surface area (Å²) in [5, 5.41) is 0. The highest BCUT2D eigenvalue weighted by atomic mass is 79.9. The molecule has 1 rings (SSSR count). The van der Waals surface area contributed by atoms with Crippen LogP contribution in [0.2, 0.25) is 0 Å². The summed E-state index contributed by atoms with van der Waals surface area (Å²) in [7, 11) is 1.60. The van der Waals surface area contributed by atoms with Crippen LogP contribution in [0.4, 0.5) is 0 Å². The molecule has 0 aliphatic heterocycles. The average molecular weight is 304 g/mol. The predicted molar refractivity (Wildman–Crippen MR) is 59.0 cm³/mol. The highest BCUT2D eigenvalue weighted by Gasteiger charge is 2.19. The van der Waals surface area contributed by atoms with Gasteiger partial charge >= 0.3 is 5.97 Å². The van der Waals surface area contributed by atoms with E-state index in [9.17, 15) is 4.79 Å². The van der Waals surface area contributed by atoms with Gasteiger partial charge in [-0.2, -0.15) is 4.57 Å². The molecule has 0 spiro atoms. The van der Waals surface area contributed by atoms with Crippen LogP contribution in [0.1, 0.15) is 20.8 Å². The number of aromatic nitrogens is 1. The lowest BCUT2D eigenvalue weighted by atomic mass is 10.2. The Kier molecular flexibility index (Phi) is 6.16. The van der Waals surface area contributed by atoms with Crippen molar-refractivity contribution in [1.82, 2.24) is 0 Å². The molecule has 0 saturated carbocycles. The third-order valence-electron chi connectivity index (χ3n) is 1.83. The van der Waals surface area contributed by atoms with Crippen molar-refractivity contribution in [3.05, 3.63) is 24.5 Å². The molecule has 96 valence electrons. The van der Waals surface area contributed by atoms with Crippen LogP contribution in [0, 0.1) is 0 Å². The fourth-order valence-corrected chi connectivity index (χ4v) is 1.21. The van der Waals surface area contributed by atoms with E-state index in [4.69, 9.17) is 9.47 Å². The van der Waals surface area contributed by atoms with Crippen molar-refractivity contribution < 1.29 is 35.8 Å². The molecule has 0 atom stereocenters. The zero-order valence-corrected chi connectivity index (χ0v) is 12.2. The van der Waals surface area contributed by atoms with Crippen LogP contribution in [0.5, 0.6) is 5.75 Å². The number of hydrogen-bond donors (Lipinski definition) is 0. The van der Waals surface area contributed by atoms with Crippen molar-refractivity contribution in [1.29, 1.82) is 0 Å². The minimum atomic E-state index is -0.440. The molecule has 0 saturated heterocycles. The lowest BCUT2D eigenvalue weighted by molar-refractivity contribution is -0.686. The lowest BCUT2D eigenvalue weighted by Gasteiger charge is -2.18. The molecule has 4 nitrogen and oxygen atoms in total. The molecule has 0 aromatic carbocycles. The van der Waals surface area contributed by atoms with Crippen LogP contribution in [-0.2, 0) is 16.1 Å². The molecule has 0 bridgehead atoms. The summed E-state index contributed by atoms with van der Waals surface area (Å²) < 4.78 is 12.0.